The van der Waals surface area contributed by atoms with Crippen LogP contribution < -0.4 is 0 Å². The number of carbonyl (C=O) groups excluding carboxylic acids is 1. The topological polar surface area (TPSA) is 17.1 Å². The Morgan fingerprint density at radius 2 is 1.37 bits per heavy atom. The Morgan fingerprint density at radius 1 is 1.05 bits per heavy atom. The van der Waals surface area contributed by atoms with Crippen LogP contribution in [0.1, 0.15) is 52.2 Å². The number of ketones is 1. The molecule has 1 aromatic rings. The van der Waals surface area contributed by atoms with Gasteiger partial charge < -0.3 is 4.79 Å². The van der Waals surface area contributed by atoms with E-state index in [0.717, 1.165) is 5.57 Å². The third kappa shape index (κ3) is 12.9. The number of hydrogen-bond acceptors (Lipinski definition) is 1. The first kappa shape index (κ1) is 20.0. The van der Waals surface area contributed by atoms with Crippen LogP contribution in [0.15, 0.2) is 36.4 Å². The lowest BCUT2D eigenvalue weighted by Crippen LogP contribution is -2.01. The number of benzene rings is 1. The molecule has 0 aliphatic heterocycles. The third-order valence-corrected chi connectivity index (χ3v) is 2.65. The van der Waals surface area contributed by atoms with Crippen LogP contribution in [0.3, 0.4) is 0 Å². The van der Waals surface area contributed by atoms with E-state index >= 15 is 0 Å². The maximum absolute atomic E-state index is 10.5. The van der Waals surface area contributed by atoms with Crippen LogP contribution in [0.5, 0.6) is 0 Å². The lowest BCUT2D eigenvalue weighted by atomic mass is 9.99. The molecule has 0 heterocycles. The molecular weight excluding hydrogens is 232 g/mol. The highest BCUT2D eigenvalue weighted by molar-refractivity contribution is 5.75. The van der Waals surface area contributed by atoms with Crippen molar-refractivity contribution in [1.82, 2.24) is 0 Å². The van der Waals surface area contributed by atoms with E-state index in [1.165, 1.54) is 11.1 Å². The Morgan fingerprint density at radius 3 is 1.53 bits per heavy atom. The Balaban J connectivity index is 0. The van der Waals surface area contributed by atoms with Gasteiger partial charge in [0.05, 0.1) is 0 Å². The van der Waals surface area contributed by atoms with Gasteiger partial charge in [-0.3, -0.25) is 0 Å². The SMILES string of the molecule is C=C(C)[C@H](C)CC(C)=O.CC.Cc1ccc(C)cc1. The second kappa shape index (κ2) is 11.7. The van der Waals surface area contributed by atoms with Crippen LogP contribution in [0, 0.1) is 19.8 Å². The summed E-state index contributed by atoms with van der Waals surface area (Å²) in [5.74, 6) is 0.591. The highest BCUT2D eigenvalue weighted by atomic mass is 16.1. The first-order valence-corrected chi connectivity index (χ1v) is 7.01. The maximum atomic E-state index is 10.5. The Kier molecular flexibility index (Phi) is 12.3. The minimum absolute atomic E-state index is 0.241. The third-order valence-electron chi connectivity index (χ3n) is 2.65. The molecule has 0 fully saturated rings. The smallest absolute Gasteiger partial charge is 0.130 e. The maximum Gasteiger partial charge on any atom is 0.130 e. The van der Waals surface area contributed by atoms with Crippen LogP contribution in [-0.2, 0) is 4.79 Å². The predicted molar refractivity (Wildman–Crippen MR) is 86.5 cm³/mol. The van der Waals surface area contributed by atoms with Crippen molar-refractivity contribution in [3.05, 3.63) is 47.5 Å². The van der Waals surface area contributed by atoms with Crippen molar-refractivity contribution in [3.8, 4) is 0 Å². The summed E-state index contributed by atoms with van der Waals surface area (Å²) in [5, 5.41) is 0. The Hall–Kier alpha value is -1.37. The molecule has 1 heteroatoms. The average Bonchev–Trinajstić information content (AvgIpc) is 2.35. The molecule has 0 unspecified atom stereocenters. The molecule has 1 aromatic carbocycles. The number of rotatable bonds is 3. The van der Waals surface area contributed by atoms with Crippen molar-refractivity contribution in [2.45, 2.75) is 54.9 Å². The quantitative estimate of drug-likeness (QED) is 0.657. The monoisotopic (exact) mass is 262 g/mol. The minimum Gasteiger partial charge on any atom is -0.300 e. The fourth-order valence-electron chi connectivity index (χ4n) is 1.24. The molecule has 0 saturated carbocycles. The van der Waals surface area contributed by atoms with E-state index < -0.39 is 0 Å². The van der Waals surface area contributed by atoms with Gasteiger partial charge in [-0.25, -0.2) is 0 Å². The molecule has 0 aromatic heterocycles. The summed E-state index contributed by atoms with van der Waals surface area (Å²) >= 11 is 0. The lowest BCUT2D eigenvalue weighted by Gasteiger charge is -2.06. The van der Waals surface area contributed by atoms with E-state index in [4.69, 9.17) is 0 Å². The van der Waals surface area contributed by atoms with Crippen LogP contribution in [-0.4, -0.2) is 5.78 Å². The number of hydrogen-bond donors (Lipinski definition) is 0. The van der Waals surface area contributed by atoms with Crippen LogP contribution in [0.25, 0.3) is 0 Å². The summed E-state index contributed by atoms with van der Waals surface area (Å²) in [6, 6.07) is 8.48. The summed E-state index contributed by atoms with van der Waals surface area (Å²) in [4.78, 5) is 10.5. The summed E-state index contributed by atoms with van der Waals surface area (Å²) in [7, 11) is 0. The lowest BCUT2D eigenvalue weighted by molar-refractivity contribution is -0.117. The number of carbonyl (C=O) groups is 1. The molecule has 0 N–H and O–H groups in total. The van der Waals surface area contributed by atoms with Gasteiger partial charge in [-0.05, 0) is 33.6 Å². The molecule has 108 valence electrons. The second-order valence-electron chi connectivity index (χ2n) is 4.81. The van der Waals surface area contributed by atoms with Gasteiger partial charge in [-0.1, -0.05) is 68.3 Å². The fourth-order valence-corrected chi connectivity index (χ4v) is 1.24. The van der Waals surface area contributed by atoms with Crippen molar-refractivity contribution in [2.75, 3.05) is 0 Å². The zero-order valence-corrected chi connectivity index (χ0v) is 13.7. The number of allylic oxidation sites excluding steroid dienone is 1. The van der Waals surface area contributed by atoms with E-state index in [1.807, 2.05) is 27.7 Å². The van der Waals surface area contributed by atoms with Crippen LogP contribution in [0.2, 0.25) is 0 Å². The molecule has 0 saturated heterocycles. The van der Waals surface area contributed by atoms with Crippen molar-refractivity contribution >= 4 is 5.78 Å². The molecule has 1 nitrogen and oxygen atoms in total. The first-order valence-electron chi connectivity index (χ1n) is 7.01. The van der Waals surface area contributed by atoms with Gasteiger partial charge >= 0.3 is 0 Å². The highest BCUT2D eigenvalue weighted by Gasteiger charge is 2.03. The van der Waals surface area contributed by atoms with E-state index in [0.29, 0.717) is 12.3 Å². The summed E-state index contributed by atoms with van der Waals surface area (Å²) in [6.07, 6.45) is 0.634. The fraction of sp³-hybridized carbons (Fsp3) is 0.500. The van der Waals surface area contributed by atoms with E-state index in [9.17, 15) is 4.79 Å². The molecule has 0 spiro atoms. The van der Waals surface area contributed by atoms with Crippen molar-refractivity contribution in [3.63, 3.8) is 0 Å². The Bertz CT molecular complexity index is 339. The van der Waals surface area contributed by atoms with Gasteiger partial charge in [0.15, 0.2) is 0 Å². The second-order valence-corrected chi connectivity index (χ2v) is 4.81. The Labute approximate surface area is 119 Å². The van der Waals surface area contributed by atoms with Gasteiger partial charge in [-0.2, -0.15) is 0 Å². The van der Waals surface area contributed by atoms with Gasteiger partial charge in [0.1, 0.15) is 5.78 Å². The van der Waals surface area contributed by atoms with E-state index in [-0.39, 0.29) is 5.78 Å². The molecule has 19 heavy (non-hydrogen) atoms. The summed E-state index contributed by atoms with van der Waals surface area (Å²) in [5.41, 5.74) is 3.75. The molecule has 1 atom stereocenters. The number of aryl methyl sites for hydroxylation is 2. The van der Waals surface area contributed by atoms with Gasteiger partial charge in [0.25, 0.3) is 0 Å². The number of Topliss-reactive ketones (excluding diaryl/α,β-unsaturated/α-hetero) is 1. The highest BCUT2D eigenvalue weighted by Crippen LogP contribution is 2.11. The molecule has 1 rings (SSSR count). The van der Waals surface area contributed by atoms with Gasteiger partial charge in [0, 0.05) is 6.42 Å². The molecule has 0 aliphatic rings. The predicted octanol–water partition coefficient (Wildman–Crippen LogP) is 5.51. The zero-order chi connectivity index (χ0) is 15.4. The molecule has 0 radical (unpaired) electrons. The molecule has 0 amide bonds. The minimum atomic E-state index is 0.241. The van der Waals surface area contributed by atoms with Gasteiger partial charge in [0.2, 0.25) is 0 Å². The molecule has 0 bridgehead atoms. The molecule has 0 aliphatic carbocycles. The van der Waals surface area contributed by atoms with E-state index in [1.54, 1.807) is 6.92 Å². The van der Waals surface area contributed by atoms with Gasteiger partial charge in [-0.15, -0.1) is 0 Å². The standard InChI is InChI=1S/C8H14O.C8H10.C2H6/c1-6(2)7(3)5-8(4)9;1-7-3-5-8(2)6-4-7;1-2/h7H,1,5H2,2-4H3;3-6H,1-2H3;1-2H3/t7-;;/m1../s1. The normalized spacial score (nSPS) is 10.3. The summed E-state index contributed by atoms with van der Waals surface area (Å²) in [6.45, 7) is 17.5. The van der Waals surface area contributed by atoms with Crippen molar-refractivity contribution in [1.29, 1.82) is 0 Å². The largest absolute Gasteiger partial charge is 0.300 e. The van der Waals surface area contributed by atoms with Crippen molar-refractivity contribution < 1.29 is 4.79 Å². The van der Waals surface area contributed by atoms with Crippen molar-refractivity contribution in [2.24, 2.45) is 5.92 Å². The zero-order valence-electron chi connectivity index (χ0n) is 13.7. The first-order chi connectivity index (χ1) is 8.82. The molecular formula is C18H30O. The van der Waals surface area contributed by atoms with Crippen LogP contribution in [0.4, 0.5) is 0 Å². The van der Waals surface area contributed by atoms with E-state index in [2.05, 4.69) is 44.7 Å². The average molecular weight is 262 g/mol. The van der Waals surface area contributed by atoms with Crippen LogP contribution >= 0.6 is 0 Å². The summed E-state index contributed by atoms with van der Waals surface area (Å²) < 4.78 is 0.